The van der Waals surface area contributed by atoms with Crippen LogP contribution in [0.25, 0.3) is 0 Å². The third kappa shape index (κ3) is 3.53. The Labute approximate surface area is 111 Å². The highest BCUT2D eigenvalue weighted by Crippen LogP contribution is 2.09. The number of nitrogens with one attached hydrogen (secondary N) is 1. The fraction of sp³-hybridized carbons (Fsp3) is 0.143. The van der Waals surface area contributed by atoms with Gasteiger partial charge in [-0.1, -0.05) is 24.3 Å². The van der Waals surface area contributed by atoms with Crippen molar-refractivity contribution in [3.63, 3.8) is 0 Å². The SMILES string of the molecule is NCc1cccc(CNc2ccc(C(N)=O)cn2)c1. The molecule has 2 rings (SSSR count). The first-order valence-electron chi connectivity index (χ1n) is 5.96. The lowest BCUT2D eigenvalue weighted by Gasteiger charge is -2.07. The van der Waals surface area contributed by atoms with Gasteiger partial charge < -0.3 is 16.8 Å². The van der Waals surface area contributed by atoms with Crippen LogP contribution in [-0.4, -0.2) is 10.9 Å². The molecule has 1 aromatic carbocycles. The Morgan fingerprint density at radius 2 is 2.00 bits per heavy atom. The minimum absolute atomic E-state index is 0.399. The maximum atomic E-state index is 10.9. The van der Waals surface area contributed by atoms with Gasteiger partial charge >= 0.3 is 0 Å². The highest BCUT2D eigenvalue weighted by atomic mass is 16.1. The van der Waals surface area contributed by atoms with E-state index >= 15 is 0 Å². The summed E-state index contributed by atoms with van der Waals surface area (Å²) in [5, 5.41) is 3.17. The first-order valence-corrected chi connectivity index (χ1v) is 5.96. The molecule has 0 bridgehead atoms. The first kappa shape index (κ1) is 13.0. The van der Waals surface area contributed by atoms with Gasteiger partial charge in [-0.3, -0.25) is 4.79 Å². The molecule has 0 unspecified atom stereocenters. The molecule has 1 amide bonds. The van der Waals surface area contributed by atoms with Gasteiger partial charge in [-0.05, 0) is 23.3 Å². The van der Waals surface area contributed by atoms with Gasteiger partial charge in [-0.2, -0.15) is 0 Å². The van der Waals surface area contributed by atoms with Crippen LogP contribution in [0.2, 0.25) is 0 Å². The van der Waals surface area contributed by atoms with Gasteiger partial charge in [0.25, 0.3) is 0 Å². The maximum absolute atomic E-state index is 10.9. The summed E-state index contributed by atoms with van der Waals surface area (Å²) in [7, 11) is 0. The van der Waals surface area contributed by atoms with Crippen molar-refractivity contribution in [2.45, 2.75) is 13.1 Å². The lowest BCUT2D eigenvalue weighted by molar-refractivity contribution is 0.1000. The standard InChI is InChI=1S/C14H16N4O/c15-7-10-2-1-3-11(6-10)8-17-13-5-4-12(9-18-13)14(16)19/h1-6,9H,7-8,15H2,(H2,16,19)(H,17,18). The van der Waals surface area contributed by atoms with Crippen LogP contribution in [0, 0.1) is 0 Å². The number of carbonyl (C=O) groups is 1. The number of nitrogens with zero attached hydrogens (tertiary/aromatic N) is 1. The van der Waals surface area contributed by atoms with Crippen LogP contribution >= 0.6 is 0 Å². The Balaban J connectivity index is 1.99. The molecule has 98 valence electrons. The number of primary amides is 1. The zero-order chi connectivity index (χ0) is 13.7. The van der Waals surface area contributed by atoms with Crippen molar-refractivity contribution in [3.05, 3.63) is 59.3 Å². The number of amides is 1. The van der Waals surface area contributed by atoms with E-state index in [9.17, 15) is 4.79 Å². The van der Waals surface area contributed by atoms with Crippen molar-refractivity contribution in [3.8, 4) is 0 Å². The summed E-state index contributed by atoms with van der Waals surface area (Å²) >= 11 is 0. The maximum Gasteiger partial charge on any atom is 0.250 e. The monoisotopic (exact) mass is 256 g/mol. The van der Waals surface area contributed by atoms with Crippen molar-refractivity contribution in [1.82, 2.24) is 4.98 Å². The Kier molecular flexibility index (Phi) is 4.10. The van der Waals surface area contributed by atoms with Gasteiger partial charge in [0.1, 0.15) is 5.82 Å². The summed E-state index contributed by atoms with van der Waals surface area (Å²) in [5.41, 5.74) is 13.4. The van der Waals surface area contributed by atoms with Gasteiger partial charge in [0.05, 0.1) is 5.56 Å². The number of hydrogen-bond acceptors (Lipinski definition) is 4. The topological polar surface area (TPSA) is 94.0 Å². The van der Waals surface area contributed by atoms with Crippen LogP contribution in [0.4, 0.5) is 5.82 Å². The average Bonchev–Trinajstić information content (AvgIpc) is 2.46. The van der Waals surface area contributed by atoms with Crippen molar-refractivity contribution in [1.29, 1.82) is 0 Å². The molecule has 0 aliphatic carbocycles. The Morgan fingerprint density at radius 3 is 2.63 bits per heavy atom. The summed E-state index contributed by atoms with van der Waals surface area (Å²) in [4.78, 5) is 15.0. The van der Waals surface area contributed by atoms with E-state index < -0.39 is 5.91 Å². The molecule has 0 fully saturated rings. The smallest absolute Gasteiger partial charge is 0.250 e. The summed E-state index contributed by atoms with van der Waals surface area (Å²) in [6.07, 6.45) is 1.46. The molecule has 5 heteroatoms. The van der Waals surface area contributed by atoms with Crippen LogP contribution < -0.4 is 16.8 Å². The average molecular weight is 256 g/mol. The van der Waals surface area contributed by atoms with Gasteiger partial charge in [-0.25, -0.2) is 4.98 Å². The molecule has 5 N–H and O–H groups in total. The predicted octanol–water partition coefficient (Wildman–Crippen LogP) is 1.25. The van der Waals surface area contributed by atoms with E-state index in [1.165, 1.54) is 6.20 Å². The van der Waals surface area contributed by atoms with Gasteiger partial charge in [-0.15, -0.1) is 0 Å². The molecule has 1 heterocycles. The number of benzene rings is 1. The summed E-state index contributed by atoms with van der Waals surface area (Å²) in [6, 6.07) is 11.4. The summed E-state index contributed by atoms with van der Waals surface area (Å²) in [5.74, 6) is 0.220. The van der Waals surface area contributed by atoms with Crippen LogP contribution in [0.1, 0.15) is 21.5 Å². The van der Waals surface area contributed by atoms with Crippen LogP contribution in [0.3, 0.4) is 0 Å². The van der Waals surface area contributed by atoms with Gasteiger partial charge in [0.2, 0.25) is 5.91 Å². The number of pyridine rings is 1. The molecule has 0 saturated carbocycles. The second-order valence-corrected chi connectivity index (χ2v) is 4.17. The number of rotatable bonds is 5. The van der Waals surface area contributed by atoms with E-state index in [2.05, 4.69) is 10.3 Å². The number of nitrogens with two attached hydrogens (primary N) is 2. The molecule has 0 radical (unpaired) electrons. The lowest BCUT2D eigenvalue weighted by atomic mass is 10.1. The molecule has 5 nitrogen and oxygen atoms in total. The third-order valence-corrected chi connectivity index (χ3v) is 2.75. The predicted molar refractivity (Wildman–Crippen MR) is 74.4 cm³/mol. The Morgan fingerprint density at radius 1 is 1.21 bits per heavy atom. The molecule has 19 heavy (non-hydrogen) atoms. The largest absolute Gasteiger partial charge is 0.366 e. The Bertz CT molecular complexity index is 566. The minimum Gasteiger partial charge on any atom is -0.366 e. The quantitative estimate of drug-likeness (QED) is 0.750. The molecule has 0 saturated heterocycles. The van der Waals surface area contributed by atoms with Crippen molar-refractivity contribution in [2.24, 2.45) is 11.5 Å². The van der Waals surface area contributed by atoms with E-state index in [-0.39, 0.29) is 0 Å². The zero-order valence-corrected chi connectivity index (χ0v) is 10.5. The van der Waals surface area contributed by atoms with Crippen LogP contribution in [0.5, 0.6) is 0 Å². The van der Waals surface area contributed by atoms with Crippen LogP contribution in [0.15, 0.2) is 42.6 Å². The van der Waals surface area contributed by atoms with Crippen molar-refractivity contribution < 1.29 is 4.79 Å². The Hall–Kier alpha value is -2.40. The van der Waals surface area contributed by atoms with Crippen molar-refractivity contribution >= 4 is 11.7 Å². The summed E-state index contributed by atoms with van der Waals surface area (Å²) < 4.78 is 0. The number of hydrogen-bond donors (Lipinski definition) is 3. The molecule has 0 spiro atoms. The second kappa shape index (κ2) is 5.97. The minimum atomic E-state index is -0.477. The number of aromatic nitrogens is 1. The third-order valence-electron chi connectivity index (χ3n) is 2.75. The normalized spacial score (nSPS) is 10.2. The lowest BCUT2D eigenvalue weighted by Crippen LogP contribution is -2.11. The molecule has 1 aromatic heterocycles. The fourth-order valence-corrected chi connectivity index (χ4v) is 1.70. The highest BCUT2D eigenvalue weighted by Gasteiger charge is 2.01. The van der Waals surface area contributed by atoms with Crippen molar-refractivity contribution in [2.75, 3.05) is 5.32 Å². The molecular formula is C14H16N4O. The van der Waals surface area contributed by atoms with Gasteiger partial charge in [0.15, 0.2) is 0 Å². The van der Waals surface area contributed by atoms with E-state index in [0.717, 1.165) is 11.1 Å². The van der Waals surface area contributed by atoms with Gasteiger partial charge in [0, 0.05) is 19.3 Å². The number of anilines is 1. The molecule has 0 aliphatic rings. The highest BCUT2D eigenvalue weighted by molar-refractivity contribution is 5.92. The molecule has 2 aromatic rings. The van der Waals surface area contributed by atoms with E-state index in [1.807, 2.05) is 24.3 Å². The molecule has 0 atom stereocenters. The summed E-state index contributed by atoms with van der Waals surface area (Å²) in [6.45, 7) is 1.18. The van der Waals surface area contributed by atoms with E-state index in [1.54, 1.807) is 12.1 Å². The van der Waals surface area contributed by atoms with E-state index in [4.69, 9.17) is 11.5 Å². The fourth-order valence-electron chi connectivity index (χ4n) is 1.70. The zero-order valence-electron chi connectivity index (χ0n) is 10.5. The molecule has 0 aliphatic heterocycles. The molecular weight excluding hydrogens is 240 g/mol. The van der Waals surface area contributed by atoms with Crippen LogP contribution in [-0.2, 0) is 13.1 Å². The second-order valence-electron chi connectivity index (χ2n) is 4.17. The first-order chi connectivity index (χ1) is 9.19. The number of carbonyl (C=O) groups excluding carboxylic acids is 1. The van der Waals surface area contributed by atoms with E-state index in [0.29, 0.717) is 24.5 Å².